The first-order valence-electron chi connectivity index (χ1n) is 4.20. The summed E-state index contributed by atoms with van der Waals surface area (Å²) in [5.74, 6) is -0.147. The Kier molecular flexibility index (Phi) is 6.37. The Morgan fingerprint density at radius 1 is 1.65 bits per heavy atom. The smallest absolute Gasteiger partial charge is 0.291 e. The molecule has 0 amide bonds. The number of aliphatic hydroxyl groups excluding tert-OH is 1. The highest BCUT2D eigenvalue weighted by Crippen LogP contribution is 2.20. The highest BCUT2D eigenvalue weighted by Gasteiger charge is 2.00. The lowest BCUT2D eigenvalue weighted by Crippen LogP contribution is -2.20. The number of hydrogen-bond acceptors (Lipinski definition) is 4. The molecule has 8 nitrogen and oxygen atoms in total. The van der Waals surface area contributed by atoms with Crippen molar-refractivity contribution in [2.24, 2.45) is 5.73 Å². The summed E-state index contributed by atoms with van der Waals surface area (Å²) in [6, 6.07) is 4.96. The van der Waals surface area contributed by atoms with Crippen molar-refractivity contribution in [3.8, 4) is 0 Å². The van der Waals surface area contributed by atoms with Crippen molar-refractivity contribution in [2.75, 3.05) is 5.32 Å². The lowest BCUT2D eigenvalue weighted by atomic mass is 10.2. The maximum atomic E-state index is 8.88. The Hall–Kier alpha value is -2.06. The van der Waals surface area contributed by atoms with E-state index in [1.54, 1.807) is 18.2 Å². The molecule has 0 unspecified atom stereocenters. The van der Waals surface area contributed by atoms with E-state index in [9.17, 15) is 0 Å². The van der Waals surface area contributed by atoms with Gasteiger partial charge in [-0.3, -0.25) is 5.41 Å². The quantitative estimate of drug-likeness (QED) is 0.230. The van der Waals surface area contributed by atoms with E-state index in [4.69, 9.17) is 43.2 Å². The van der Waals surface area contributed by atoms with Crippen molar-refractivity contribution >= 4 is 23.2 Å². The molecule has 1 aromatic rings. The van der Waals surface area contributed by atoms with Crippen LogP contribution in [0.2, 0.25) is 5.02 Å². The minimum absolute atomic E-state index is 0.133. The van der Waals surface area contributed by atoms with Crippen molar-refractivity contribution in [3.63, 3.8) is 0 Å². The van der Waals surface area contributed by atoms with Crippen LogP contribution in [-0.2, 0) is 6.61 Å². The SMILES string of the molecule is N=C(N)Nc1ccc(Cl)c(CO)c1.O=[N+]([O-])O. The first-order chi connectivity index (χ1) is 7.86. The summed E-state index contributed by atoms with van der Waals surface area (Å²) in [5, 5.41) is 32.6. The van der Waals surface area contributed by atoms with Gasteiger partial charge >= 0.3 is 0 Å². The monoisotopic (exact) mass is 262 g/mol. The fraction of sp³-hybridized carbons (Fsp3) is 0.125. The van der Waals surface area contributed by atoms with Crippen LogP contribution in [0.15, 0.2) is 18.2 Å². The summed E-state index contributed by atoms with van der Waals surface area (Å²) in [5.41, 5.74) is 6.38. The highest BCUT2D eigenvalue weighted by atomic mass is 35.5. The van der Waals surface area contributed by atoms with Gasteiger partial charge in [0.1, 0.15) is 0 Å². The summed E-state index contributed by atoms with van der Waals surface area (Å²) >= 11 is 5.76. The standard InChI is InChI=1S/C8H10ClN3O.HNO3/c9-7-2-1-6(12-8(10)11)3-5(7)4-13;2-1(3)4/h1-3,13H,4H2,(H4,10,11,12);(H,2,3,4). The number of hydrogen-bond donors (Lipinski definition) is 5. The molecule has 9 heteroatoms. The molecule has 0 saturated carbocycles. The average molecular weight is 263 g/mol. The number of halogens is 1. The maximum absolute atomic E-state index is 8.88. The minimum Gasteiger partial charge on any atom is -0.392 e. The Morgan fingerprint density at radius 2 is 2.18 bits per heavy atom. The van der Waals surface area contributed by atoms with E-state index in [1.165, 1.54) is 0 Å². The Balaban J connectivity index is 0.000000557. The van der Waals surface area contributed by atoms with Gasteiger partial charge in [0.05, 0.1) is 6.61 Å². The van der Waals surface area contributed by atoms with E-state index in [0.29, 0.717) is 16.3 Å². The predicted molar refractivity (Wildman–Crippen MR) is 61.7 cm³/mol. The zero-order chi connectivity index (χ0) is 13.4. The highest BCUT2D eigenvalue weighted by molar-refractivity contribution is 6.31. The Labute approximate surface area is 101 Å². The molecule has 17 heavy (non-hydrogen) atoms. The zero-order valence-electron chi connectivity index (χ0n) is 8.55. The Bertz CT molecular complexity index is 409. The molecular weight excluding hydrogens is 252 g/mol. The van der Waals surface area contributed by atoms with Gasteiger partial charge in [0.15, 0.2) is 5.96 Å². The lowest BCUT2D eigenvalue weighted by Gasteiger charge is -2.06. The van der Waals surface area contributed by atoms with E-state index in [1.807, 2.05) is 0 Å². The van der Waals surface area contributed by atoms with E-state index < -0.39 is 5.09 Å². The topological polar surface area (TPSA) is 146 Å². The Morgan fingerprint density at radius 3 is 2.59 bits per heavy atom. The molecule has 0 fully saturated rings. The number of rotatable bonds is 2. The lowest BCUT2D eigenvalue weighted by molar-refractivity contribution is -0.742. The first kappa shape index (κ1) is 14.9. The van der Waals surface area contributed by atoms with Crippen molar-refractivity contribution in [1.29, 1.82) is 5.41 Å². The molecule has 0 saturated heterocycles. The number of aliphatic hydroxyl groups is 1. The number of guanidine groups is 1. The fourth-order valence-electron chi connectivity index (χ4n) is 0.929. The average Bonchev–Trinajstić information content (AvgIpc) is 2.19. The number of nitrogens with one attached hydrogen (secondary N) is 2. The van der Waals surface area contributed by atoms with Crippen LogP contribution in [0.5, 0.6) is 0 Å². The first-order valence-corrected chi connectivity index (χ1v) is 4.58. The molecule has 0 heterocycles. The van der Waals surface area contributed by atoms with Gasteiger partial charge in [-0.2, -0.15) is 0 Å². The number of benzene rings is 1. The van der Waals surface area contributed by atoms with Crippen LogP contribution in [0.4, 0.5) is 5.69 Å². The summed E-state index contributed by atoms with van der Waals surface area (Å²) in [6.45, 7) is -0.133. The van der Waals surface area contributed by atoms with Gasteiger partial charge in [0.25, 0.3) is 5.09 Å². The molecule has 0 atom stereocenters. The second-order valence-corrected chi connectivity index (χ2v) is 3.15. The van der Waals surface area contributed by atoms with Crippen LogP contribution < -0.4 is 11.1 Å². The van der Waals surface area contributed by atoms with Gasteiger partial charge in [0.2, 0.25) is 0 Å². The molecule has 0 bridgehead atoms. The van der Waals surface area contributed by atoms with Gasteiger partial charge in [-0.15, -0.1) is 10.1 Å². The van der Waals surface area contributed by atoms with E-state index in [0.717, 1.165) is 0 Å². The van der Waals surface area contributed by atoms with Crippen LogP contribution >= 0.6 is 11.6 Å². The van der Waals surface area contributed by atoms with Crippen molar-refractivity contribution in [3.05, 3.63) is 38.9 Å². The molecule has 1 rings (SSSR count). The number of nitrogens with zero attached hydrogens (tertiary/aromatic N) is 1. The number of anilines is 1. The van der Waals surface area contributed by atoms with Gasteiger partial charge in [-0.25, -0.2) is 0 Å². The number of nitrogens with two attached hydrogens (primary N) is 1. The van der Waals surface area contributed by atoms with Crippen LogP contribution in [0.25, 0.3) is 0 Å². The van der Waals surface area contributed by atoms with Crippen LogP contribution in [-0.4, -0.2) is 21.4 Å². The molecule has 0 aromatic heterocycles. The molecule has 0 aliphatic carbocycles. The normalized spacial score (nSPS) is 8.82. The predicted octanol–water partition coefficient (Wildman–Crippen LogP) is 0.790. The third kappa shape index (κ3) is 6.93. The van der Waals surface area contributed by atoms with Crippen LogP contribution in [0, 0.1) is 15.5 Å². The molecule has 0 aliphatic rings. The molecule has 0 aliphatic heterocycles. The summed E-state index contributed by atoms with van der Waals surface area (Å²) in [6.07, 6.45) is 0. The largest absolute Gasteiger partial charge is 0.392 e. The van der Waals surface area contributed by atoms with E-state index in [-0.39, 0.29) is 12.6 Å². The molecule has 1 aromatic carbocycles. The van der Waals surface area contributed by atoms with Gasteiger partial charge in [0, 0.05) is 10.7 Å². The summed E-state index contributed by atoms with van der Waals surface area (Å²) in [4.78, 5) is 8.36. The second-order valence-electron chi connectivity index (χ2n) is 2.74. The van der Waals surface area contributed by atoms with E-state index >= 15 is 0 Å². The zero-order valence-corrected chi connectivity index (χ0v) is 9.31. The van der Waals surface area contributed by atoms with Gasteiger partial charge < -0.3 is 21.4 Å². The van der Waals surface area contributed by atoms with Crippen molar-refractivity contribution < 1.29 is 15.4 Å². The second kappa shape index (κ2) is 7.25. The molecule has 0 spiro atoms. The van der Waals surface area contributed by atoms with Gasteiger partial charge in [-0.1, -0.05) is 11.6 Å². The summed E-state index contributed by atoms with van der Waals surface area (Å²) < 4.78 is 0. The van der Waals surface area contributed by atoms with E-state index in [2.05, 4.69) is 5.32 Å². The van der Waals surface area contributed by atoms with Crippen molar-refractivity contribution in [1.82, 2.24) is 0 Å². The maximum Gasteiger partial charge on any atom is 0.291 e. The summed E-state index contributed by atoms with van der Waals surface area (Å²) in [7, 11) is 0. The third-order valence-electron chi connectivity index (χ3n) is 1.50. The van der Waals surface area contributed by atoms with Crippen molar-refractivity contribution in [2.45, 2.75) is 6.61 Å². The molecule has 94 valence electrons. The molecule has 0 radical (unpaired) electrons. The third-order valence-corrected chi connectivity index (χ3v) is 1.86. The molecular formula is C8H11ClN4O4. The molecule has 6 N–H and O–H groups in total. The van der Waals surface area contributed by atoms with Gasteiger partial charge in [-0.05, 0) is 23.8 Å². The minimum atomic E-state index is -1.50. The van der Waals surface area contributed by atoms with Crippen LogP contribution in [0.3, 0.4) is 0 Å². The fourth-order valence-corrected chi connectivity index (χ4v) is 1.11. The van der Waals surface area contributed by atoms with Crippen LogP contribution in [0.1, 0.15) is 5.56 Å².